The number of benzene rings is 2. The summed E-state index contributed by atoms with van der Waals surface area (Å²) >= 11 is 0. The molecule has 1 saturated heterocycles. The van der Waals surface area contributed by atoms with Crippen LogP contribution in [0.2, 0.25) is 0 Å². The molecular formula is C24H28FN3O. The average Bonchev–Trinajstić information content (AvgIpc) is 3.35. The van der Waals surface area contributed by atoms with Crippen LogP contribution in [-0.4, -0.2) is 41.5 Å². The summed E-state index contributed by atoms with van der Waals surface area (Å²) in [7, 11) is 0. The van der Waals surface area contributed by atoms with Gasteiger partial charge in [0.25, 0.3) is 5.91 Å². The number of halogens is 1. The van der Waals surface area contributed by atoms with Gasteiger partial charge in [-0.3, -0.25) is 4.79 Å². The number of nitrogens with zero attached hydrogens (tertiary/aromatic N) is 1. The highest BCUT2D eigenvalue weighted by atomic mass is 19.1. The highest BCUT2D eigenvalue weighted by molar-refractivity contribution is 5.99. The number of hydrogen-bond acceptors (Lipinski definition) is 2. The van der Waals surface area contributed by atoms with Gasteiger partial charge in [-0.05, 0) is 54.8 Å². The van der Waals surface area contributed by atoms with Crippen LogP contribution in [0, 0.1) is 5.82 Å². The SMILES string of the molecule is CCCCCN1CCC(NC(=O)c2cc3ccc(-c4ccc(F)cc4)cc3[nH]2)C1. The number of aromatic nitrogens is 1. The molecule has 1 amide bonds. The number of fused-ring (bicyclic) bond motifs is 1. The number of amides is 1. The van der Waals surface area contributed by atoms with E-state index < -0.39 is 0 Å². The lowest BCUT2D eigenvalue weighted by molar-refractivity contribution is 0.0933. The Labute approximate surface area is 171 Å². The van der Waals surface area contributed by atoms with E-state index in [4.69, 9.17) is 0 Å². The lowest BCUT2D eigenvalue weighted by Gasteiger charge is -2.16. The fraction of sp³-hybridized carbons (Fsp3) is 0.375. The predicted octanol–water partition coefficient (Wildman–Crippen LogP) is 4.97. The van der Waals surface area contributed by atoms with Gasteiger partial charge in [0.15, 0.2) is 0 Å². The zero-order chi connectivity index (χ0) is 20.2. The van der Waals surface area contributed by atoms with Gasteiger partial charge in [-0.1, -0.05) is 44.0 Å². The molecule has 4 nitrogen and oxygen atoms in total. The number of unbranched alkanes of at least 4 members (excludes halogenated alkanes) is 2. The van der Waals surface area contributed by atoms with Crippen molar-refractivity contribution in [1.82, 2.24) is 15.2 Å². The van der Waals surface area contributed by atoms with Gasteiger partial charge >= 0.3 is 0 Å². The summed E-state index contributed by atoms with van der Waals surface area (Å²) in [6, 6.07) is 14.5. The molecule has 2 N–H and O–H groups in total. The van der Waals surface area contributed by atoms with Crippen molar-refractivity contribution in [2.45, 2.75) is 38.6 Å². The first-order chi connectivity index (χ1) is 14.1. The number of H-pyrrole nitrogens is 1. The molecule has 0 saturated carbocycles. The highest BCUT2D eigenvalue weighted by Gasteiger charge is 2.24. The van der Waals surface area contributed by atoms with E-state index in [1.807, 2.05) is 24.3 Å². The Morgan fingerprint density at radius 3 is 2.72 bits per heavy atom. The van der Waals surface area contributed by atoms with Crippen LogP contribution in [0.3, 0.4) is 0 Å². The van der Waals surface area contributed by atoms with Crippen molar-refractivity contribution in [3.8, 4) is 11.1 Å². The molecule has 29 heavy (non-hydrogen) atoms. The van der Waals surface area contributed by atoms with Gasteiger partial charge < -0.3 is 15.2 Å². The van der Waals surface area contributed by atoms with Crippen molar-refractivity contribution in [1.29, 1.82) is 0 Å². The minimum absolute atomic E-state index is 0.0510. The van der Waals surface area contributed by atoms with Crippen molar-refractivity contribution in [2.75, 3.05) is 19.6 Å². The van der Waals surface area contributed by atoms with Gasteiger partial charge in [0.2, 0.25) is 0 Å². The second-order valence-corrected chi connectivity index (χ2v) is 7.96. The third-order valence-electron chi connectivity index (χ3n) is 5.73. The Kier molecular flexibility index (Phi) is 5.95. The molecule has 0 bridgehead atoms. The predicted molar refractivity (Wildman–Crippen MR) is 116 cm³/mol. The van der Waals surface area contributed by atoms with Crippen LogP contribution in [-0.2, 0) is 0 Å². The number of carbonyl (C=O) groups is 1. The third-order valence-corrected chi connectivity index (χ3v) is 5.73. The molecule has 152 valence electrons. The minimum atomic E-state index is -0.246. The number of carbonyl (C=O) groups excluding carboxylic acids is 1. The number of nitrogens with one attached hydrogen (secondary N) is 2. The van der Waals surface area contributed by atoms with Gasteiger partial charge in [-0.2, -0.15) is 0 Å². The van der Waals surface area contributed by atoms with Crippen LogP contribution in [0.1, 0.15) is 43.1 Å². The molecule has 5 heteroatoms. The monoisotopic (exact) mass is 393 g/mol. The summed E-state index contributed by atoms with van der Waals surface area (Å²) in [5.41, 5.74) is 3.43. The quantitative estimate of drug-likeness (QED) is 0.557. The Hall–Kier alpha value is -2.66. The van der Waals surface area contributed by atoms with E-state index in [0.717, 1.165) is 48.1 Å². The van der Waals surface area contributed by atoms with Crippen molar-refractivity contribution < 1.29 is 9.18 Å². The number of hydrogen-bond donors (Lipinski definition) is 2. The molecular weight excluding hydrogens is 365 g/mol. The number of rotatable bonds is 7. The summed E-state index contributed by atoms with van der Waals surface area (Å²) in [6.45, 7) is 5.33. The topological polar surface area (TPSA) is 48.1 Å². The van der Waals surface area contributed by atoms with Crippen molar-refractivity contribution >= 4 is 16.8 Å². The summed E-state index contributed by atoms with van der Waals surface area (Å²) < 4.78 is 13.2. The zero-order valence-electron chi connectivity index (χ0n) is 16.9. The highest BCUT2D eigenvalue weighted by Crippen LogP contribution is 2.25. The maximum Gasteiger partial charge on any atom is 0.267 e. The van der Waals surface area contributed by atoms with E-state index in [1.165, 1.54) is 31.4 Å². The molecule has 0 spiro atoms. The molecule has 1 atom stereocenters. The Balaban J connectivity index is 1.41. The first kappa shape index (κ1) is 19.6. The minimum Gasteiger partial charge on any atom is -0.351 e. The van der Waals surface area contributed by atoms with E-state index in [2.05, 4.69) is 22.1 Å². The number of likely N-dealkylation sites (tertiary alicyclic amines) is 1. The molecule has 3 aromatic rings. The van der Waals surface area contributed by atoms with E-state index >= 15 is 0 Å². The molecule has 1 unspecified atom stereocenters. The second kappa shape index (κ2) is 8.78. The largest absolute Gasteiger partial charge is 0.351 e. The van der Waals surface area contributed by atoms with E-state index in [1.54, 1.807) is 12.1 Å². The lowest BCUT2D eigenvalue weighted by atomic mass is 10.0. The standard InChI is InChI=1S/C24H28FN3O/c1-2-3-4-12-28-13-11-21(16-28)26-24(29)23-15-19-6-5-18(14-22(19)27-23)17-7-9-20(25)10-8-17/h5-10,14-15,21,27H,2-4,11-13,16H2,1H3,(H,26,29). The molecule has 2 aromatic carbocycles. The zero-order valence-corrected chi connectivity index (χ0v) is 16.9. The van der Waals surface area contributed by atoms with Crippen LogP contribution >= 0.6 is 0 Å². The summed E-state index contributed by atoms with van der Waals surface area (Å²) in [6.07, 6.45) is 4.74. The van der Waals surface area contributed by atoms with Gasteiger partial charge in [-0.15, -0.1) is 0 Å². The summed E-state index contributed by atoms with van der Waals surface area (Å²) in [4.78, 5) is 18.4. The molecule has 2 heterocycles. The normalized spacial score (nSPS) is 17.1. The smallest absolute Gasteiger partial charge is 0.267 e. The fourth-order valence-corrected chi connectivity index (χ4v) is 4.07. The van der Waals surface area contributed by atoms with Crippen LogP contribution in [0.4, 0.5) is 4.39 Å². The second-order valence-electron chi connectivity index (χ2n) is 7.96. The average molecular weight is 394 g/mol. The van der Waals surface area contributed by atoms with E-state index in [0.29, 0.717) is 5.69 Å². The van der Waals surface area contributed by atoms with Crippen molar-refractivity contribution in [3.63, 3.8) is 0 Å². The van der Waals surface area contributed by atoms with Gasteiger partial charge in [-0.25, -0.2) is 4.39 Å². The number of aromatic amines is 1. The molecule has 1 aromatic heterocycles. The van der Waals surface area contributed by atoms with Gasteiger partial charge in [0, 0.05) is 30.0 Å². The van der Waals surface area contributed by atoms with Crippen LogP contribution in [0.15, 0.2) is 48.5 Å². The fourth-order valence-electron chi connectivity index (χ4n) is 4.07. The van der Waals surface area contributed by atoms with Gasteiger partial charge in [0.1, 0.15) is 11.5 Å². The van der Waals surface area contributed by atoms with Crippen LogP contribution < -0.4 is 5.32 Å². The third kappa shape index (κ3) is 4.67. The van der Waals surface area contributed by atoms with Crippen LogP contribution in [0.5, 0.6) is 0 Å². The molecule has 0 aliphatic carbocycles. The maximum absolute atomic E-state index is 13.2. The van der Waals surface area contributed by atoms with E-state index in [-0.39, 0.29) is 17.8 Å². The van der Waals surface area contributed by atoms with Crippen molar-refractivity contribution in [3.05, 3.63) is 60.0 Å². The molecule has 1 aliphatic heterocycles. The first-order valence-corrected chi connectivity index (χ1v) is 10.5. The first-order valence-electron chi connectivity index (χ1n) is 10.5. The maximum atomic E-state index is 13.2. The van der Waals surface area contributed by atoms with Gasteiger partial charge in [0.05, 0.1) is 0 Å². The summed E-state index contributed by atoms with van der Waals surface area (Å²) in [5.74, 6) is -0.297. The Morgan fingerprint density at radius 1 is 1.14 bits per heavy atom. The van der Waals surface area contributed by atoms with Crippen LogP contribution in [0.25, 0.3) is 22.0 Å². The Bertz CT molecular complexity index is 979. The Morgan fingerprint density at radius 2 is 1.93 bits per heavy atom. The summed E-state index contributed by atoms with van der Waals surface area (Å²) in [5, 5.41) is 4.17. The molecule has 4 rings (SSSR count). The lowest BCUT2D eigenvalue weighted by Crippen LogP contribution is -2.37. The van der Waals surface area contributed by atoms with E-state index in [9.17, 15) is 9.18 Å². The molecule has 1 aliphatic rings. The molecule has 0 radical (unpaired) electrons. The molecule has 1 fully saturated rings. The van der Waals surface area contributed by atoms with Crippen molar-refractivity contribution in [2.24, 2.45) is 0 Å².